The summed E-state index contributed by atoms with van der Waals surface area (Å²) in [6.07, 6.45) is 2.56. The summed E-state index contributed by atoms with van der Waals surface area (Å²) in [6, 6.07) is 14.0. The van der Waals surface area contributed by atoms with Crippen LogP contribution in [0, 0.1) is 5.92 Å². The van der Waals surface area contributed by atoms with E-state index in [4.69, 9.17) is 15.2 Å². The van der Waals surface area contributed by atoms with Crippen molar-refractivity contribution in [1.29, 1.82) is 0 Å². The fraction of sp³-hybridized carbons (Fsp3) is 0.435. The molecular formula is C23H33IN4O2. The number of methoxy groups -OCH3 is 2. The Morgan fingerprint density at radius 2 is 1.73 bits per heavy atom. The number of piperidine rings is 1. The summed E-state index contributed by atoms with van der Waals surface area (Å²) in [5.41, 5.74) is 9.46. The molecule has 0 radical (unpaired) electrons. The molecule has 0 saturated carbocycles. The first-order valence-corrected chi connectivity index (χ1v) is 10.2. The van der Waals surface area contributed by atoms with Gasteiger partial charge in [-0.1, -0.05) is 31.2 Å². The van der Waals surface area contributed by atoms with E-state index >= 15 is 0 Å². The molecule has 3 rings (SSSR count). The summed E-state index contributed by atoms with van der Waals surface area (Å²) in [5.74, 6) is 2.54. The van der Waals surface area contributed by atoms with Gasteiger partial charge < -0.3 is 20.5 Å². The van der Waals surface area contributed by atoms with E-state index in [1.807, 2.05) is 18.2 Å². The smallest absolute Gasteiger partial charge is 0.193 e. The molecule has 0 unspecified atom stereocenters. The zero-order valence-electron chi connectivity index (χ0n) is 18.1. The van der Waals surface area contributed by atoms with Crippen LogP contribution in [0.1, 0.15) is 30.9 Å². The fourth-order valence-corrected chi connectivity index (χ4v) is 3.60. The molecule has 0 atom stereocenters. The number of hydrogen-bond acceptors (Lipinski definition) is 4. The van der Waals surface area contributed by atoms with Gasteiger partial charge in [-0.2, -0.15) is 0 Å². The van der Waals surface area contributed by atoms with Gasteiger partial charge in [-0.05, 0) is 55.1 Å². The van der Waals surface area contributed by atoms with Gasteiger partial charge in [0.25, 0.3) is 0 Å². The van der Waals surface area contributed by atoms with Crippen molar-refractivity contribution in [3.05, 3.63) is 53.6 Å². The van der Waals surface area contributed by atoms with Crippen molar-refractivity contribution in [3.63, 3.8) is 0 Å². The number of likely N-dealkylation sites (tertiary alicyclic amines) is 1. The first-order chi connectivity index (χ1) is 14.1. The van der Waals surface area contributed by atoms with Crippen LogP contribution in [-0.2, 0) is 13.1 Å². The SMILES string of the molecule is COc1ccc(NC(N)=NCc2ccccc2CN2CCC(C)CC2)cc1OC.I. The molecule has 30 heavy (non-hydrogen) atoms. The highest BCUT2D eigenvalue weighted by molar-refractivity contribution is 14.0. The molecular weight excluding hydrogens is 491 g/mol. The second-order valence-corrected chi connectivity index (χ2v) is 7.62. The second kappa shape index (κ2) is 12.0. The van der Waals surface area contributed by atoms with Crippen molar-refractivity contribution < 1.29 is 9.47 Å². The van der Waals surface area contributed by atoms with E-state index in [1.54, 1.807) is 14.2 Å². The predicted octanol–water partition coefficient (Wildman–Crippen LogP) is 4.48. The molecule has 1 aliphatic rings. The number of ether oxygens (including phenoxy) is 2. The van der Waals surface area contributed by atoms with E-state index < -0.39 is 0 Å². The summed E-state index contributed by atoms with van der Waals surface area (Å²) in [6.45, 7) is 6.20. The normalized spacial score (nSPS) is 15.4. The third-order valence-electron chi connectivity index (χ3n) is 5.46. The molecule has 2 aromatic carbocycles. The van der Waals surface area contributed by atoms with Gasteiger partial charge in [0.15, 0.2) is 17.5 Å². The highest BCUT2D eigenvalue weighted by atomic mass is 127. The van der Waals surface area contributed by atoms with Crippen molar-refractivity contribution in [2.45, 2.75) is 32.9 Å². The number of guanidine groups is 1. The molecule has 1 fully saturated rings. The van der Waals surface area contributed by atoms with Crippen LogP contribution in [-0.4, -0.2) is 38.2 Å². The maximum atomic E-state index is 6.12. The number of rotatable bonds is 7. The van der Waals surface area contributed by atoms with Crippen LogP contribution in [0.2, 0.25) is 0 Å². The lowest BCUT2D eigenvalue weighted by Gasteiger charge is -2.30. The lowest BCUT2D eigenvalue weighted by atomic mass is 9.98. The van der Waals surface area contributed by atoms with Crippen LogP contribution in [0.3, 0.4) is 0 Å². The molecule has 0 aliphatic carbocycles. The van der Waals surface area contributed by atoms with Gasteiger partial charge >= 0.3 is 0 Å². The summed E-state index contributed by atoms with van der Waals surface area (Å²) in [5, 5.41) is 3.13. The van der Waals surface area contributed by atoms with Crippen LogP contribution in [0.25, 0.3) is 0 Å². The number of nitrogens with two attached hydrogens (primary N) is 1. The summed E-state index contributed by atoms with van der Waals surface area (Å²) in [4.78, 5) is 7.08. The Morgan fingerprint density at radius 3 is 2.40 bits per heavy atom. The third kappa shape index (κ3) is 6.77. The minimum Gasteiger partial charge on any atom is -0.493 e. The first-order valence-electron chi connectivity index (χ1n) is 10.2. The number of benzene rings is 2. The summed E-state index contributed by atoms with van der Waals surface area (Å²) >= 11 is 0. The second-order valence-electron chi connectivity index (χ2n) is 7.62. The molecule has 1 aliphatic heterocycles. The standard InChI is InChI=1S/C23H32N4O2.HI/c1-17-10-12-27(13-11-17)16-19-7-5-4-6-18(19)15-25-23(24)26-20-8-9-21(28-2)22(14-20)29-3;/h4-9,14,17H,10-13,15-16H2,1-3H3,(H3,24,25,26);1H. The molecule has 3 N–H and O–H groups in total. The molecule has 7 heteroatoms. The molecule has 0 spiro atoms. The van der Waals surface area contributed by atoms with E-state index in [1.165, 1.54) is 37.1 Å². The van der Waals surface area contributed by atoms with Crippen LogP contribution in [0.15, 0.2) is 47.5 Å². The molecule has 0 aromatic heterocycles. The Hall–Kier alpha value is -2.00. The van der Waals surface area contributed by atoms with E-state index in [0.717, 1.165) is 18.2 Å². The van der Waals surface area contributed by atoms with Gasteiger partial charge in [-0.15, -0.1) is 24.0 Å². The van der Waals surface area contributed by atoms with Crippen molar-refractivity contribution >= 4 is 35.6 Å². The van der Waals surface area contributed by atoms with Gasteiger partial charge in [-0.25, -0.2) is 4.99 Å². The maximum Gasteiger partial charge on any atom is 0.193 e. The molecule has 2 aromatic rings. The average molecular weight is 524 g/mol. The first kappa shape index (κ1) is 24.3. The van der Waals surface area contributed by atoms with Gasteiger partial charge in [0.1, 0.15) is 0 Å². The Bertz CT molecular complexity index is 836. The van der Waals surface area contributed by atoms with Gasteiger partial charge in [0.05, 0.1) is 20.8 Å². The fourth-order valence-electron chi connectivity index (χ4n) is 3.60. The van der Waals surface area contributed by atoms with Gasteiger partial charge in [-0.3, -0.25) is 4.90 Å². The number of aliphatic imine (C=N–C) groups is 1. The number of nitrogens with one attached hydrogen (secondary N) is 1. The van der Waals surface area contributed by atoms with Crippen LogP contribution >= 0.6 is 24.0 Å². The summed E-state index contributed by atoms with van der Waals surface area (Å²) < 4.78 is 10.6. The van der Waals surface area contributed by atoms with Gasteiger partial charge in [0, 0.05) is 18.3 Å². The van der Waals surface area contributed by atoms with Crippen molar-refractivity contribution in [2.75, 3.05) is 32.6 Å². The van der Waals surface area contributed by atoms with Crippen LogP contribution < -0.4 is 20.5 Å². The largest absolute Gasteiger partial charge is 0.493 e. The quantitative estimate of drug-likeness (QED) is 0.318. The van der Waals surface area contributed by atoms with Crippen LogP contribution in [0.4, 0.5) is 5.69 Å². The van der Waals surface area contributed by atoms with E-state index in [2.05, 4.69) is 46.4 Å². The highest BCUT2D eigenvalue weighted by Crippen LogP contribution is 2.29. The Kier molecular flexibility index (Phi) is 9.71. The zero-order valence-corrected chi connectivity index (χ0v) is 20.4. The summed E-state index contributed by atoms with van der Waals surface area (Å²) in [7, 11) is 3.22. The molecule has 0 amide bonds. The highest BCUT2D eigenvalue weighted by Gasteiger charge is 2.16. The van der Waals surface area contributed by atoms with Crippen molar-refractivity contribution in [3.8, 4) is 11.5 Å². The molecule has 0 bridgehead atoms. The molecule has 1 saturated heterocycles. The average Bonchev–Trinajstić information content (AvgIpc) is 2.74. The Balaban J connectivity index is 0.00000320. The number of halogens is 1. The lowest BCUT2D eigenvalue weighted by molar-refractivity contribution is 0.185. The topological polar surface area (TPSA) is 72.1 Å². The van der Waals surface area contributed by atoms with E-state index in [-0.39, 0.29) is 24.0 Å². The molecule has 6 nitrogen and oxygen atoms in total. The Labute approximate surface area is 196 Å². The molecule has 164 valence electrons. The van der Waals surface area contributed by atoms with Crippen LogP contribution in [0.5, 0.6) is 11.5 Å². The monoisotopic (exact) mass is 524 g/mol. The lowest BCUT2D eigenvalue weighted by Crippen LogP contribution is -2.32. The predicted molar refractivity (Wildman–Crippen MR) is 134 cm³/mol. The Morgan fingerprint density at radius 1 is 1.07 bits per heavy atom. The minimum atomic E-state index is 0. The number of nitrogens with zero attached hydrogens (tertiary/aromatic N) is 2. The molecule has 1 heterocycles. The van der Waals surface area contributed by atoms with Gasteiger partial charge in [0.2, 0.25) is 0 Å². The third-order valence-corrected chi connectivity index (χ3v) is 5.46. The minimum absolute atomic E-state index is 0. The number of anilines is 1. The van der Waals surface area contributed by atoms with E-state index in [9.17, 15) is 0 Å². The van der Waals surface area contributed by atoms with Crippen molar-refractivity contribution in [2.24, 2.45) is 16.6 Å². The van der Waals surface area contributed by atoms with E-state index in [0.29, 0.717) is 24.0 Å². The maximum absolute atomic E-state index is 6.12. The van der Waals surface area contributed by atoms with Crippen molar-refractivity contribution in [1.82, 2.24) is 4.90 Å². The number of hydrogen-bond donors (Lipinski definition) is 2. The zero-order chi connectivity index (χ0) is 20.6.